The van der Waals surface area contributed by atoms with Gasteiger partial charge in [0.05, 0.1) is 19.4 Å². The molecule has 4 rings (SSSR count). The average Bonchev–Trinajstić information content (AvgIpc) is 3.46. The molecule has 164 valence electrons. The van der Waals surface area contributed by atoms with Crippen LogP contribution in [0.4, 0.5) is 5.00 Å². The Kier molecular flexibility index (Phi) is 6.78. The smallest absolute Gasteiger partial charge is 0.291 e. The number of thiophene rings is 1. The fraction of sp³-hybridized carbons (Fsp3) is 0.400. The lowest BCUT2D eigenvalue weighted by Crippen LogP contribution is -2.37. The van der Waals surface area contributed by atoms with Gasteiger partial charge in [0.2, 0.25) is 0 Å². The van der Waals surface area contributed by atoms with Crippen molar-refractivity contribution in [2.45, 2.75) is 39.2 Å². The Morgan fingerprint density at radius 1 is 1.23 bits per heavy atom. The Balaban J connectivity index is 1.77. The monoisotopic (exact) mass is 438 g/mol. The second-order valence-electron chi connectivity index (χ2n) is 8.15. The predicted octanol–water partition coefficient (Wildman–Crippen LogP) is 5.99. The highest BCUT2D eigenvalue weighted by Crippen LogP contribution is 2.43. The molecule has 1 N–H and O–H groups in total. The first-order chi connectivity index (χ1) is 15.1. The van der Waals surface area contributed by atoms with E-state index in [1.165, 1.54) is 24.0 Å². The van der Waals surface area contributed by atoms with Crippen LogP contribution in [0.1, 0.15) is 59.3 Å². The quantitative estimate of drug-likeness (QED) is 0.493. The van der Waals surface area contributed by atoms with Gasteiger partial charge in [-0.2, -0.15) is 0 Å². The molecule has 5 nitrogen and oxygen atoms in total. The summed E-state index contributed by atoms with van der Waals surface area (Å²) in [7, 11) is 1.72. The van der Waals surface area contributed by atoms with E-state index >= 15 is 0 Å². The largest absolute Gasteiger partial charge is 0.496 e. The van der Waals surface area contributed by atoms with Crippen LogP contribution in [0.25, 0.3) is 0 Å². The highest BCUT2D eigenvalue weighted by Gasteiger charge is 2.31. The number of aryl methyl sites for hydroxylation is 1. The molecular formula is C25H30N2O3S. The van der Waals surface area contributed by atoms with E-state index in [-0.39, 0.29) is 11.9 Å². The molecule has 0 spiro atoms. The maximum absolute atomic E-state index is 12.8. The molecule has 6 heteroatoms. The lowest BCUT2D eigenvalue weighted by Gasteiger charge is -2.37. The minimum Gasteiger partial charge on any atom is -0.496 e. The second-order valence-corrected chi connectivity index (χ2v) is 9.28. The number of methoxy groups -OCH3 is 1. The van der Waals surface area contributed by atoms with Crippen molar-refractivity contribution < 1.29 is 13.9 Å². The molecule has 1 amide bonds. The van der Waals surface area contributed by atoms with Crippen LogP contribution in [0.15, 0.2) is 53.1 Å². The Morgan fingerprint density at radius 3 is 2.68 bits per heavy atom. The van der Waals surface area contributed by atoms with Crippen LogP contribution in [-0.4, -0.2) is 31.0 Å². The average molecular weight is 439 g/mol. The molecule has 3 heterocycles. The van der Waals surface area contributed by atoms with Gasteiger partial charge in [0, 0.05) is 16.0 Å². The van der Waals surface area contributed by atoms with Gasteiger partial charge in [-0.1, -0.05) is 32.0 Å². The van der Waals surface area contributed by atoms with Crippen molar-refractivity contribution in [3.8, 4) is 5.75 Å². The Bertz CT molecular complexity index is 1000. The van der Waals surface area contributed by atoms with E-state index in [2.05, 4.69) is 42.3 Å². The first-order valence-electron chi connectivity index (χ1n) is 10.9. The second kappa shape index (κ2) is 9.71. The van der Waals surface area contributed by atoms with Crippen LogP contribution in [0.5, 0.6) is 5.75 Å². The summed E-state index contributed by atoms with van der Waals surface area (Å²) in [6, 6.07) is 13.9. The number of hydrogen-bond donors (Lipinski definition) is 1. The number of nitrogens with one attached hydrogen (secondary N) is 1. The molecule has 2 aromatic heterocycles. The van der Waals surface area contributed by atoms with E-state index < -0.39 is 0 Å². The molecule has 0 radical (unpaired) electrons. The van der Waals surface area contributed by atoms with Gasteiger partial charge in [-0.25, -0.2) is 0 Å². The fourth-order valence-corrected chi connectivity index (χ4v) is 5.27. The number of nitrogens with zero attached hydrogens (tertiary/aromatic N) is 1. The van der Waals surface area contributed by atoms with Gasteiger partial charge in [-0.05, 0) is 62.5 Å². The SMILES string of the molecule is CCc1cc(C(c2ccccc2OC)N2CCC(C)CC2)c(NC(=O)c2ccco2)s1. The van der Waals surface area contributed by atoms with Gasteiger partial charge in [0.25, 0.3) is 5.91 Å². The number of piperidine rings is 1. The number of para-hydroxylation sites is 1. The zero-order valence-electron chi connectivity index (χ0n) is 18.4. The van der Waals surface area contributed by atoms with Crippen molar-refractivity contribution in [1.82, 2.24) is 4.90 Å². The Morgan fingerprint density at radius 2 is 2.00 bits per heavy atom. The molecule has 1 fully saturated rings. The molecule has 1 atom stereocenters. The number of benzene rings is 1. The first-order valence-corrected chi connectivity index (χ1v) is 11.8. The number of amides is 1. The lowest BCUT2D eigenvalue weighted by atomic mass is 9.92. The summed E-state index contributed by atoms with van der Waals surface area (Å²) in [4.78, 5) is 16.6. The Hall–Kier alpha value is -2.57. The van der Waals surface area contributed by atoms with Gasteiger partial charge >= 0.3 is 0 Å². The summed E-state index contributed by atoms with van der Waals surface area (Å²) < 4.78 is 11.1. The molecule has 1 aliphatic rings. The summed E-state index contributed by atoms with van der Waals surface area (Å²) in [6.45, 7) is 6.51. The van der Waals surface area contributed by atoms with E-state index in [0.717, 1.165) is 47.3 Å². The van der Waals surface area contributed by atoms with E-state index in [1.54, 1.807) is 30.6 Å². The van der Waals surface area contributed by atoms with Gasteiger partial charge in [0.1, 0.15) is 10.8 Å². The van der Waals surface area contributed by atoms with Crippen molar-refractivity contribution in [1.29, 1.82) is 0 Å². The number of carbonyl (C=O) groups excluding carboxylic acids is 1. The van der Waals surface area contributed by atoms with Crippen molar-refractivity contribution >= 4 is 22.2 Å². The van der Waals surface area contributed by atoms with Crippen LogP contribution >= 0.6 is 11.3 Å². The summed E-state index contributed by atoms with van der Waals surface area (Å²) >= 11 is 1.65. The zero-order chi connectivity index (χ0) is 21.8. The molecule has 1 aromatic carbocycles. The summed E-state index contributed by atoms with van der Waals surface area (Å²) in [5, 5.41) is 4.00. The summed E-state index contributed by atoms with van der Waals surface area (Å²) in [5.74, 6) is 1.71. The molecule has 1 aliphatic heterocycles. The van der Waals surface area contributed by atoms with Crippen LogP contribution in [0, 0.1) is 5.92 Å². The van der Waals surface area contributed by atoms with Gasteiger partial charge in [-0.3, -0.25) is 9.69 Å². The van der Waals surface area contributed by atoms with Gasteiger partial charge in [-0.15, -0.1) is 11.3 Å². The van der Waals surface area contributed by atoms with Crippen LogP contribution < -0.4 is 10.1 Å². The minimum absolute atomic E-state index is 0.0205. The van der Waals surface area contributed by atoms with Gasteiger partial charge in [0.15, 0.2) is 5.76 Å². The molecule has 0 bridgehead atoms. The molecule has 1 unspecified atom stereocenters. The molecule has 0 saturated carbocycles. The van der Waals surface area contributed by atoms with E-state index in [1.807, 2.05) is 12.1 Å². The third-order valence-corrected chi connectivity index (χ3v) is 7.25. The number of rotatable bonds is 7. The van der Waals surface area contributed by atoms with Crippen molar-refractivity contribution in [2.75, 3.05) is 25.5 Å². The third kappa shape index (κ3) is 4.70. The van der Waals surface area contributed by atoms with Crippen molar-refractivity contribution in [3.05, 3.63) is 70.5 Å². The van der Waals surface area contributed by atoms with Crippen LogP contribution in [-0.2, 0) is 6.42 Å². The topological polar surface area (TPSA) is 54.7 Å². The number of anilines is 1. The predicted molar refractivity (Wildman–Crippen MR) is 125 cm³/mol. The maximum atomic E-state index is 12.8. The summed E-state index contributed by atoms with van der Waals surface area (Å²) in [5.41, 5.74) is 2.26. The van der Waals surface area contributed by atoms with Gasteiger partial charge < -0.3 is 14.5 Å². The Labute approximate surface area is 188 Å². The van der Waals surface area contributed by atoms with E-state index in [0.29, 0.717) is 5.76 Å². The molecule has 0 aliphatic carbocycles. The number of carbonyl (C=O) groups is 1. The van der Waals surface area contributed by atoms with Crippen molar-refractivity contribution in [2.24, 2.45) is 5.92 Å². The number of ether oxygens (including phenoxy) is 1. The molecule has 1 saturated heterocycles. The van der Waals surface area contributed by atoms with E-state index in [4.69, 9.17) is 9.15 Å². The van der Waals surface area contributed by atoms with E-state index in [9.17, 15) is 4.79 Å². The lowest BCUT2D eigenvalue weighted by molar-refractivity contribution is 0.0996. The standard InChI is InChI=1S/C25H30N2O3S/c1-4-18-16-20(25(31-18)26-24(28)22-10-7-15-30-22)23(27-13-11-17(2)12-14-27)19-8-5-6-9-21(19)29-3/h5-10,15-17,23H,4,11-14H2,1-3H3,(H,26,28). The maximum Gasteiger partial charge on any atom is 0.291 e. The van der Waals surface area contributed by atoms with Crippen molar-refractivity contribution in [3.63, 3.8) is 0 Å². The fourth-order valence-electron chi connectivity index (χ4n) is 4.25. The van der Waals surface area contributed by atoms with Crippen LogP contribution in [0.2, 0.25) is 0 Å². The number of hydrogen-bond acceptors (Lipinski definition) is 5. The van der Waals surface area contributed by atoms with Crippen LogP contribution in [0.3, 0.4) is 0 Å². The third-order valence-electron chi connectivity index (χ3n) is 6.04. The molecular weight excluding hydrogens is 408 g/mol. The molecule has 31 heavy (non-hydrogen) atoms. The minimum atomic E-state index is -0.221. The highest BCUT2D eigenvalue weighted by molar-refractivity contribution is 7.16. The highest BCUT2D eigenvalue weighted by atomic mass is 32.1. The normalized spacial score (nSPS) is 16.2. The first kappa shape index (κ1) is 21.7. The number of furan rings is 1. The molecule has 3 aromatic rings. The zero-order valence-corrected chi connectivity index (χ0v) is 19.2. The number of likely N-dealkylation sites (tertiary alicyclic amines) is 1. The summed E-state index contributed by atoms with van der Waals surface area (Å²) in [6.07, 6.45) is 4.78.